The van der Waals surface area contributed by atoms with Gasteiger partial charge in [-0.1, -0.05) is 22.0 Å². The molecular weight excluding hydrogens is 300 g/mol. The Bertz CT molecular complexity index is 478. The van der Waals surface area contributed by atoms with E-state index in [4.69, 9.17) is 5.11 Å². The van der Waals surface area contributed by atoms with Crippen LogP contribution in [0.15, 0.2) is 28.7 Å². The summed E-state index contributed by atoms with van der Waals surface area (Å²) >= 11 is 3.37. The van der Waals surface area contributed by atoms with Crippen molar-refractivity contribution in [2.75, 3.05) is 18.0 Å². The molecule has 96 valence electrons. The Morgan fingerprint density at radius 2 is 2.33 bits per heavy atom. The van der Waals surface area contributed by atoms with E-state index in [0.717, 1.165) is 10.2 Å². The molecule has 2 N–H and O–H groups in total. The lowest BCUT2D eigenvalue weighted by Crippen LogP contribution is -2.56. The van der Waals surface area contributed by atoms with Crippen molar-refractivity contribution in [3.8, 4) is 0 Å². The van der Waals surface area contributed by atoms with Gasteiger partial charge < -0.3 is 15.3 Å². The van der Waals surface area contributed by atoms with Gasteiger partial charge in [-0.15, -0.1) is 0 Å². The van der Waals surface area contributed by atoms with Crippen LogP contribution in [0.3, 0.4) is 0 Å². The fourth-order valence-electron chi connectivity index (χ4n) is 2.05. The van der Waals surface area contributed by atoms with E-state index in [1.54, 1.807) is 0 Å². The van der Waals surface area contributed by atoms with E-state index in [2.05, 4.69) is 21.2 Å². The van der Waals surface area contributed by atoms with Gasteiger partial charge in [0, 0.05) is 23.2 Å². The number of nitrogens with zero attached hydrogens (tertiary/aromatic N) is 1. The van der Waals surface area contributed by atoms with Gasteiger partial charge in [-0.3, -0.25) is 9.59 Å². The Morgan fingerprint density at radius 1 is 1.56 bits per heavy atom. The molecule has 1 aromatic carbocycles. The summed E-state index contributed by atoms with van der Waals surface area (Å²) in [5, 5.41) is 11.6. The van der Waals surface area contributed by atoms with Gasteiger partial charge in [-0.05, 0) is 18.2 Å². The topological polar surface area (TPSA) is 69.6 Å². The molecule has 1 atom stereocenters. The van der Waals surface area contributed by atoms with Crippen LogP contribution < -0.4 is 10.2 Å². The van der Waals surface area contributed by atoms with Gasteiger partial charge in [0.25, 0.3) is 0 Å². The number of nitrogens with one attached hydrogen (secondary N) is 1. The van der Waals surface area contributed by atoms with Crippen molar-refractivity contribution in [1.82, 2.24) is 5.32 Å². The normalized spacial score (nSPS) is 19.5. The molecule has 0 bridgehead atoms. The van der Waals surface area contributed by atoms with E-state index in [1.165, 1.54) is 0 Å². The molecule has 1 unspecified atom stereocenters. The SMILES string of the molecule is O=C(O)CC1C(=O)NCCN1c1cccc(Br)c1. The lowest BCUT2D eigenvalue weighted by Gasteiger charge is -2.36. The second-order valence-corrected chi connectivity index (χ2v) is 4.99. The number of hydrogen-bond donors (Lipinski definition) is 2. The number of carboxylic acid groups (broad SMARTS) is 1. The maximum absolute atomic E-state index is 11.8. The lowest BCUT2D eigenvalue weighted by molar-refractivity contribution is -0.139. The number of amides is 1. The fourth-order valence-corrected chi connectivity index (χ4v) is 2.43. The Balaban J connectivity index is 2.27. The third kappa shape index (κ3) is 2.81. The number of carbonyl (C=O) groups is 2. The van der Waals surface area contributed by atoms with Crippen LogP contribution in [0, 0.1) is 0 Å². The monoisotopic (exact) mass is 312 g/mol. The average Bonchev–Trinajstić information content (AvgIpc) is 2.31. The fraction of sp³-hybridized carbons (Fsp3) is 0.333. The molecule has 1 aliphatic heterocycles. The Morgan fingerprint density at radius 3 is 3.00 bits per heavy atom. The molecule has 1 aromatic rings. The van der Waals surface area contributed by atoms with E-state index in [0.29, 0.717) is 13.1 Å². The van der Waals surface area contributed by atoms with Crippen LogP contribution in [0.25, 0.3) is 0 Å². The van der Waals surface area contributed by atoms with Crippen LogP contribution in [0.2, 0.25) is 0 Å². The van der Waals surface area contributed by atoms with E-state index in [-0.39, 0.29) is 12.3 Å². The standard InChI is InChI=1S/C12H13BrN2O3/c13-8-2-1-3-9(6-8)15-5-4-14-12(18)10(15)7-11(16)17/h1-3,6,10H,4-5,7H2,(H,14,18)(H,16,17). The molecule has 1 saturated heterocycles. The molecule has 0 aliphatic carbocycles. The largest absolute Gasteiger partial charge is 0.481 e. The van der Waals surface area contributed by atoms with Gasteiger partial charge in [0.2, 0.25) is 5.91 Å². The number of benzene rings is 1. The van der Waals surface area contributed by atoms with E-state index in [1.807, 2.05) is 29.2 Å². The van der Waals surface area contributed by atoms with Crippen molar-refractivity contribution in [3.05, 3.63) is 28.7 Å². The van der Waals surface area contributed by atoms with Crippen LogP contribution in [0.4, 0.5) is 5.69 Å². The molecule has 6 heteroatoms. The van der Waals surface area contributed by atoms with Crippen molar-refractivity contribution >= 4 is 33.5 Å². The number of hydrogen-bond acceptors (Lipinski definition) is 3. The van der Waals surface area contributed by atoms with Crippen LogP contribution in [0.5, 0.6) is 0 Å². The van der Waals surface area contributed by atoms with E-state index < -0.39 is 12.0 Å². The first-order valence-electron chi connectivity index (χ1n) is 5.59. The second-order valence-electron chi connectivity index (χ2n) is 4.08. The quantitative estimate of drug-likeness (QED) is 0.880. The number of anilines is 1. The van der Waals surface area contributed by atoms with Gasteiger partial charge in [-0.2, -0.15) is 0 Å². The molecule has 1 fully saturated rings. The van der Waals surface area contributed by atoms with Crippen molar-refractivity contribution in [2.45, 2.75) is 12.5 Å². The predicted octanol–water partition coefficient (Wildman–Crippen LogP) is 1.23. The third-order valence-electron chi connectivity index (χ3n) is 2.84. The summed E-state index contributed by atoms with van der Waals surface area (Å²) in [5.74, 6) is -1.21. The third-order valence-corrected chi connectivity index (χ3v) is 3.33. The van der Waals surface area contributed by atoms with Gasteiger partial charge in [-0.25, -0.2) is 0 Å². The highest BCUT2D eigenvalue weighted by Gasteiger charge is 2.31. The van der Waals surface area contributed by atoms with E-state index in [9.17, 15) is 9.59 Å². The molecular formula is C12H13BrN2O3. The molecule has 1 aliphatic rings. The Labute approximate surface area is 113 Å². The number of halogens is 1. The molecule has 0 spiro atoms. The van der Waals surface area contributed by atoms with Crippen LogP contribution in [0.1, 0.15) is 6.42 Å². The highest BCUT2D eigenvalue weighted by atomic mass is 79.9. The van der Waals surface area contributed by atoms with Crippen LogP contribution in [-0.4, -0.2) is 36.1 Å². The summed E-state index contributed by atoms with van der Waals surface area (Å²) in [6.07, 6.45) is -0.196. The zero-order valence-corrected chi connectivity index (χ0v) is 11.2. The van der Waals surface area contributed by atoms with Crippen molar-refractivity contribution in [2.24, 2.45) is 0 Å². The number of carboxylic acids is 1. The summed E-state index contributed by atoms with van der Waals surface area (Å²) in [6.45, 7) is 1.14. The van der Waals surface area contributed by atoms with Crippen molar-refractivity contribution in [3.63, 3.8) is 0 Å². The van der Waals surface area contributed by atoms with Gasteiger partial charge in [0.05, 0.1) is 6.42 Å². The Hall–Kier alpha value is -1.56. The summed E-state index contributed by atoms with van der Waals surface area (Å²) in [4.78, 5) is 24.4. The Kier molecular flexibility index (Phi) is 3.86. The molecule has 0 radical (unpaired) electrons. The van der Waals surface area contributed by atoms with Gasteiger partial charge >= 0.3 is 5.97 Å². The smallest absolute Gasteiger partial charge is 0.305 e. The summed E-state index contributed by atoms with van der Waals surface area (Å²) < 4.78 is 0.903. The zero-order valence-electron chi connectivity index (χ0n) is 9.60. The lowest BCUT2D eigenvalue weighted by atomic mass is 10.1. The minimum absolute atomic E-state index is 0.196. The number of aliphatic carboxylic acids is 1. The molecule has 5 nitrogen and oxygen atoms in total. The number of rotatable bonds is 3. The molecule has 1 heterocycles. The minimum Gasteiger partial charge on any atom is -0.481 e. The zero-order chi connectivity index (χ0) is 13.1. The van der Waals surface area contributed by atoms with E-state index >= 15 is 0 Å². The first-order chi connectivity index (χ1) is 8.58. The first-order valence-corrected chi connectivity index (χ1v) is 6.39. The summed E-state index contributed by atoms with van der Waals surface area (Å²) in [5.41, 5.74) is 0.852. The number of carbonyl (C=O) groups excluding carboxylic acids is 1. The minimum atomic E-state index is -0.975. The first kappa shape index (κ1) is 12.9. The van der Waals surface area contributed by atoms with Crippen LogP contribution >= 0.6 is 15.9 Å². The van der Waals surface area contributed by atoms with Gasteiger partial charge in [0.1, 0.15) is 6.04 Å². The average molecular weight is 313 g/mol. The second kappa shape index (κ2) is 5.39. The molecule has 0 aromatic heterocycles. The predicted molar refractivity (Wildman–Crippen MR) is 70.5 cm³/mol. The summed E-state index contributed by atoms with van der Waals surface area (Å²) in [7, 11) is 0. The maximum atomic E-state index is 11.8. The highest BCUT2D eigenvalue weighted by Crippen LogP contribution is 2.24. The number of piperazine rings is 1. The maximum Gasteiger partial charge on any atom is 0.305 e. The molecule has 0 saturated carbocycles. The van der Waals surface area contributed by atoms with Crippen molar-refractivity contribution < 1.29 is 14.7 Å². The van der Waals surface area contributed by atoms with Crippen LogP contribution in [-0.2, 0) is 9.59 Å². The molecule has 1 amide bonds. The van der Waals surface area contributed by atoms with Crippen molar-refractivity contribution in [1.29, 1.82) is 0 Å². The highest BCUT2D eigenvalue weighted by molar-refractivity contribution is 9.10. The molecule has 2 rings (SSSR count). The molecule has 18 heavy (non-hydrogen) atoms. The summed E-state index contributed by atoms with van der Waals surface area (Å²) in [6, 6.07) is 6.86. The van der Waals surface area contributed by atoms with Gasteiger partial charge in [0.15, 0.2) is 0 Å².